The van der Waals surface area contributed by atoms with Crippen LogP contribution >= 0.6 is 0 Å². The summed E-state index contributed by atoms with van der Waals surface area (Å²) in [4.78, 5) is 2.63. The second kappa shape index (κ2) is 7.75. The molecule has 4 heteroatoms. The van der Waals surface area contributed by atoms with Crippen LogP contribution in [-0.2, 0) is 19.6 Å². The lowest BCUT2D eigenvalue weighted by Crippen LogP contribution is -2.37. The van der Waals surface area contributed by atoms with E-state index in [1.165, 1.54) is 42.5 Å². The van der Waals surface area contributed by atoms with E-state index in [4.69, 9.17) is 0 Å². The van der Waals surface area contributed by atoms with Crippen LogP contribution < -0.4 is 5.32 Å². The molecular formula is C19H28N4. The number of aromatic nitrogens is 2. The molecule has 2 N–H and O–H groups in total. The highest BCUT2D eigenvalue weighted by atomic mass is 15.2. The van der Waals surface area contributed by atoms with E-state index in [1.54, 1.807) is 0 Å². The number of nitrogens with one attached hydrogen (secondary N) is 2. The molecule has 0 radical (unpaired) electrons. The van der Waals surface area contributed by atoms with Crippen LogP contribution in [0.2, 0.25) is 0 Å². The molecule has 1 saturated heterocycles. The maximum atomic E-state index is 4.08. The smallest absolute Gasteiger partial charge is 0.0535 e. The Morgan fingerprint density at radius 1 is 1.17 bits per heavy atom. The van der Waals surface area contributed by atoms with Gasteiger partial charge in [0.15, 0.2) is 0 Å². The molecule has 0 bridgehead atoms. The minimum atomic E-state index is 0.707. The van der Waals surface area contributed by atoms with Gasteiger partial charge in [-0.2, -0.15) is 5.10 Å². The standard InChI is InChI=1S/C19H28N4/c1-15-7-5-6-10-23(15)14-18-9-4-3-8-17(18)11-20-12-19-13-21-22-16(19)2/h3-4,8-9,13,15,20H,5-7,10-12,14H2,1-2H3,(H,21,22)/t15-/m1/s1. The molecule has 0 amide bonds. The Hall–Kier alpha value is -1.65. The Bertz CT molecular complexity index is 619. The fraction of sp³-hybridized carbons (Fsp3) is 0.526. The first kappa shape index (κ1) is 16.2. The summed E-state index contributed by atoms with van der Waals surface area (Å²) in [5, 5.41) is 10.6. The van der Waals surface area contributed by atoms with Gasteiger partial charge in [0.2, 0.25) is 0 Å². The number of nitrogens with zero attached hydrogens (tertiary/aromatic N) is 2. The third-order valence-corrected chi connectivity index (χ3v) is 5.00. The number of hydrogen-bond acceptors (Lipinski definition) is 3. The Labute approximate surface area is 139 Å². The van der Waals surface area contributed by atoms with Gasteiger partial charge >= 0.3 is 0 Å². The second-order valence-corrected chi connectivity index (χ2v) is 6.71. The summed E-state index contributed by atoms with van der Waals surface area (Å²) in [5.41, 5.74) is 5.25. The molecule has 0 saturated carbocycles. The summed E-state index contributed by atoms with van der Waals surface area (Å²) in [7, 11) is 0. The van der Waals surface area contributed by atoms with Gasteiger partial charge in [-0.25, -0.2) is 0 Å². The van der Waals surface area contributed by atoms with Crippen LogP contribution in [0.1, 0.15) is 48.6 Å². The average Bonchev–Trinajstić information content (AvgIpc) is 2.96. The fourth-order valence-electron chi connectivity index (χ4n) is 3.38. The molecule has 1 aliphatic heterocycles. The van der Waals surface area contributed by atoms with Crippen molar-refractivity contribution in [2.75, 3.05) is 6.54 Å². The Morgan fingerprint density at radius 3 is 2.70 bits per heavy atom. The highest BCUT2D eigenvalue weighted by Gasteiger charge is 2.18. The molecule has 0 unspecified atom stereocenters. The van der Waals surface area contributed by atoms with Gasteiger partial charge in [-0.1, -0.05) is 30.7 Å². The number of aromatic amines is 1. The van der Waals surface area contributed by atoms with E-state index in [0.29, 0.717) is 6.04 Å². The van der Waals surface area contributed by atoms with Crippen LogP contribution in [0.25, 0.3) is 0 Å². The van der Waals surface area contributed by atoms with Crippen molar-refractivity contribution in [1.29, 1.82) is 0 Å². The molecule has 3 rings (SSSR count). The van der Waals surface area contributed by atoms with Gasteiger partial charge in [-0.05, 0) is 44.4 Å². The first-order valence-electron chi connectivity index (χ1n) is 8.74. The van der Waals surface area contributed by atoms with Gasteiger partial charge in [0.1, 0.15) is 0 Å². The first-order chi connectivity index (χ1) is 11.2. The topological polar surface area (TPSA) is 44.0 Å². The first-order valence-corrected chi connectivity index (χ1v) is 8.74. The second-order valence-electron chi connectivity index (χ2n) is 6.71. The van der Waals surface area contributed by atoms with Gasteiger partial charge in [0.25, 0.3) is 0 Å². The lowest BCUT2D eigenvalue weighted by Gasteiger charge is -2.33. The van der Waals surface area contributed by atoms with Crippen LogP contribution in [-0.4, -0.2) is 27.7 Å². The summed E-state index contributed by atoms with van der Waals surface area (Å²) in [5.74, 6) is 0. The van der Waals surface area contributed by atoms with Crippen molar-refractivity contribution < 1.29 is 0 Å². The lowest BCUT2D eigenvalue weighted by atomic mass is 10.0. The average molecular weight is 312 g/mol. The number of hydrogen-bond donors (Lipinski definition) is 2. The van der Waals surface area contributed by atoms with Crippen molar-refractivity contribution >= 4 is 0 Å². The van der Waals surface area contributed by atoms with Crippen molar-refractivity contribution in [2.24, 2.45) is 0 Å². The maximum Gasteiger partial charge on any atom is 0.0535 e. The molecular weight excluding hydrogens is 284 g/mol. The number of piperidine rings is 1. The molecule has 0 aliphatic carbocycles. The Kier molecular flexibility index (Phi) is 5.47. The number of aryl methyl sites for hydroxylation is 1. The molecule has 2 aromatic rings. The van der Waals surface area contributed by atoms with Crippen molar-refractivity contribution in [2.45, 2.75) is 58.8 Å². The normalized spacial score (nSPS) is 19.1. The molecule has 1 aromatic carbocycles. The highest BCUT2D eigenvalue weighted by Crippen LogP contribution is 2.20. The van der Waals surface area contributed by atoms with Crippen molar-refractivity contribution in [3.8, 4) is 0 Å². The van der Waals surface area contributed by atoms with Gasteiger partial charge in [-0.15, -0.1) is 0 Å². The predicted octanol–water partition coefficient (Wildman–Crippen LogP) is 3.38. The molecule has 23 heavy (non-hydrogen) atoms. The zero-order valence-corrected chi connectivity index (χ0v) is 14.3. The van der Waals surface area contributed by atoms with E-state index in [0.717, 1.165) is 25.3 Å². The number of rotatable bonds is 6. The predicted molar refractivity (Wildman–Crippen MR) is 94.0 cm³/mol. The van der Waals surface area contributed by atoms with Crippen LogP contribution in [0, 0.1) is 6.92 Å². The minimum absolute atomic E-state index is 0.707. The van der Waals surface area contributed by atoms with Crippen LogP contribution in [0.15, 0.2) is 30.5 Å². The van der Waals surface area contributed by atoms with Crippen molar-refractivity contribution in [3.05, 3.63) is 52.8 Å². The van der Waals surface area contributed by atoms with Gasteiger partial charge < -0.3 is 5.32 Å². The van der Waals surface area contributed by atoms with Crippen LogP contribution in [0.4, 0.5) is 0 Å². The third kappa shape index (κ3) is 4.21. The molecule has 4 nitrogen and oxygen atoms in total. The molecule has 124 valence electrons. The van der Waals surface area contributed by atoms with Crippen molar-refractivity contribution in [1.82, 2.24) is 20.4 Å². The Balaban J connectivity index is 1.60. The number of likely N-dealkylation sites (tertiary alicyclic amines) is 1. The Morgan fingerprint density at radius 2 is 1.96 bits per heavy atom. The largest absolute Gasteiger partial charge is 0.308 e. The SMILES string of the molecule is Cc1[nH]ncc1CNCc1ccccc1CN1CCCC[C@H]1C. The molecule has 2 heterocycles. The van der Waals surface area contributed by atoms with Gasteiger partial charge in [0, 0.05) is 36.9 Å². The van der Waals surface area contributed by atoms with E-state index < -0.39 is 0 Å². The molecule has 1 fully saturated rings. The van der Waals surface area contributed by atoms with Gasteiger partial charge in [0.05, 0.1) is 6.20 Å². The lowest BCUT2D eigenvalue weighted by molar-refractivity contribution is 0.152. The quantitative estimate of drug-likeness (QED) is 0.859. The molecule has 1 atom stereocenters. The van der Waals surface area contributed by atoms with E-state index >= 15 is 0 Å². The summed E-state index contributed by atoms with van der Waals surface area (Å²) < 4.78 is 0. The molecule has 1 aromatic heterocycles. The van der Waals surface area contributed by atoms with Crippen LogP contribution in [0.3, 0.4) is 0 Å². The van der Waals surface area contributed by atoms with E-state index in [2.05, 4.69) is 58.5 Å². The summed E-state index contributed by atoms with van der Waals surface area (Å²) in [6, 6.07) is 9.54. The maximum absolute atomic E-state index is 4.08. The van der Waals surface area contributed by atoms with Crippen molar-refractivity contribution in [3.63, 3.8) is 0 Å². The monoisotopic (exact) mass is 312 g/mol. The van der Waals surface area contributed by atoms with E-state index in [-0.39, 0.29) is 0 Å². The van der Waals surface area contributed by atoms with Gasteiger partial charge in [-0.3, -0.25) is 10.00 Å². The fourth-order valence-corrected chi connectivity index (χ4v) is 3.38. The highest BCUT2D eigenvalue weighted by molar-refractivity contribution is 5.27. The summed E-state index contributed by atoms with van der Waals surface area (Å²) in [6.07, 6.45) is 5.96. The van der Waals surface area contributed by atoms with E-state index in [1.807, 2.05) is 6.20 Å². The van der Waals surface area contributed by atoms with E-state index in [9.17, 15) is 0 Å². The minimum Gasteiger partial charge on any atom is -0.308 e. The molecule has 0 spiro atoms. The zero-order chi connectivity index (χ0) is 16.1. The summed E-state index contributed by atoms with van der Waals surface area (Å²) >= 11 is 0. The molecule has 1 aliphatic rings. The number of H-pyrrole nitrogens is 1. The third-order valence-electron chi connectivity index (χ3n) is 5.00. The summed E-state index contributed by atoms with van der Waals surface area (Å²) in [6.45, 7) is 8.50. The van der Waals surface area contributed by atoms with Crippen LogP contribution in [0.5, 0.6) is 0 Å². The zero-order valence-electron chi connectivity index (χ0n) is 14.3. The number of benzene rings is 1.